The number of nitrogens with zero attached hydrogens (tertiary/aromatic N) is 1. The van der Waals surface area contributed by atoms with E-state index in [-0.39, 0.29) is 51.4 Å². The highest BCUT2D eigenvalue weighted by atomic mass is 35.5. The molecule has 1 N–H and O–H groups in total. The Labute approximate surface area is 171 Å². The van der Waals surface area contributed by atoms with Gasteiger partial charge in [0.2, 0.25) is 0 Å². The lowest BCUT2D eigenvalue weighted by Gasteiger charge is -2.15. The number of hydrogen-bond acceptors (Lipinski definition) is 5. The highest BCUT2D eigenvalue weighted by Gasteiger charge is 2.42. The third-order valence-electron chi connectivity index (χ3n) is 4.87. The molecule has 1 saturated carbocycles. The van der Waals surface area contributed by atoms with Crippen molar-refractivity contribution < 1.29 is 14.4 Å². The number of amides is 1. The van der Waals surface area contributed by atoms with Crippen LogP contribution in [0, 0.1) is 19.8 Å². The van der Waals surface area contributed by atoms with Gasteiger partial charge < -0.3 is 5.32 Å². The van der Waals surface area contributed by atoms with Gasteiger partial charge in [-0.15, -0.1) is 0 Å². The molecule has 2 atom stereocenters. The summed E-state index contributed by atoms with van der Waals surface area (Å²) >= 11 is 12.6. The van der Waals surface area contributed by atoms with Crippen LogP contribution in [-0.4, -0.2) is 28.4 Å². The van der Waals surface area contributed by atoms with Crippen molar-refractivity contribution in [2.24, 2.45) is 5.92 Å². The minimum Gasteiger partial charge on any atom is -0.351 e. The Morgan fingerprint density at radius 1 is 1.26 bits per heavy atom. The van der Waals surface area contributed by atoms with Crippen molar-refractivity contribution in [1.29, 1.82) is 0 Å². The van der Waals surface area contributed by atoms with Crippen LogP contribution in [-0.2, 0) is 9.59 Å². The number of carbonyl (C=O) groups excluding carboxylic acids is 3. The van der Waals surface area contributed by atoms with E-state index in [0.29, 0.717) is 6.42 Å². The van der Waals surface area contributed by atoms with Crippen LogP contribution in [0.5, 0.6) is 0 Å². The molecule has 1 heterocycles. The molecule has 0 radical (unpaired) electrons. The van der Waals surface area contributed by atoms with Gasteiger partial charge in [0.05, 0.1) is 0 Å². The number of halogens is 2. The van der Waals surface area contributed by atoms with Crippen molar-refractivity contribution >= 4 is 52.2 Å². The van der Waals surface area contributed by atoms with Crippen molar-refractivity contribution in [3.63, 3.8) is 0 Å². The zero-order valence-electron chi connectivity index (χ0n) is 14.8. The normalized spacial score (nSPS) is 19.6. The SMILES string of the molecule is Cc1cccc(C)c1C1C(=O)CC(CCNC(=O)c2snc(Cl)c2Cl)C1=O. The summed E-state index contributed by atoms with van der Waals surface area (Å²) in [5.41, 5.74) is 2.73. The first-order valence-electron chi connectivity index (χ1n) is 8.52. The van der Waals surface area contributed by atoms with Gasteiger partial charge in [0, 0.05) is 18.9 Å². The van der Waals surface area contributed by atoms with Gasteiger partial charge in [-0.3, -0.25) is 14.4 Å². The number of nitrogens with one attached hydrogen (secondary N) is 1. The largest absolute Gasteiger partial charge is 0.351 e. The van der Waals surface area contributed by atoms with Crippen LogP contribution in [0.25, 0.3) is 0 Å². The van der Waals surface area contributed by atoms with Gasteiger partial charge in [0.15, 0.2) is 10.9 Å². The van der Waals surface area contributed by atoms with Crippen LogP contribution in [0.3, 0.4) is 0 Å². The molecule has 2 unspecified atom stereocenters. The van der Waals surface area contributed by atoms with Crippen molar-refractivity contribution in [2.75, 3.05) is 6.54 Å². The number of rotatable bonds is 5. The number of benzene rings is 1. The summed E-state index contributed by atoms with van der Waals surface area (Å²) in [5, 5.41) is 2.94. The predicted molar refractivity (Wildman–Crippen MR) is 106 cm³/mol. The zero-order valence-corrected chi connectivity index (χ0v) is 17.2. The Morgan fingerprint density at radius 2 is 1.93 bits per heavy atom. The molecule has 142 valence electrons. The maximum atomic E-state index is 12.8. The number of hydrogen-bond donors (Lipinski definition) is 1. The molecular formula is C19H18Cl2N2O3S. The Kier molecular flexibility index (Phi) is 5.99. The van der Waals surface area contributed by atoms with Gasteiger partial charge in [-0.25, -0.2) is 0 Å². The molecule has 1 aromatic carbocycles. The summed E-state index contributed by atoms with van der Waals surface area (Å²) in [4.78, 5) is 37.7. The summed E-state index contributed by atoms with van der Waals surface area (Å²) < 4.78 is 3.82. The quantitative estimate of drug-likeness (QED) is 0.731. The van der Waals surface area contributed by atoms with Gasteiger partial charge in [-0.05, 0) is 48.5 Å². The van der Waals surface area contributed by atoms with E-state index < -0.39 is 5.92 Å². The third kappa shape index (κ3) is 3.93. The number of carbonyl (C=O) groups is 3. The van der Waals surface area contributed by atoms with Gasteiger partial charge in [0.25, 0.3) is 5.91 Å². The maximum absolute atomic E-state index is 12.8. The van der Waals surface area contributed by atoms with E-state index >= 15 is 0 Å². The molecule has 0 aliphatic heterocycles. The average Bonchev–Trinajstić information content (AvgIpc) is 3.08. The minimum absolute atomic E-state index is 0.0500. The molecule has 27 heavy (non-hydrogen) atoms. The Hall–Kier alpha value is -1.76. The molecule has 1 aliphatic carbocycles. The fraction of sp³-hybridized carbons (Fsp3) is 0.368. The first-order chi connectivity index (χ1) is 12.8. The summed E-state index contributed by atoms with van der Waals surface area (Å²) in [6, 6.07) is 5.75. The van der Waals surface area contributed by atoms with E-state index in [4.69, 9.17) is 23.2 Å². The van der Waals surface area contributed by atoms with Crippen LogP contribution in [0.1, 0.15) is 45.1 Å². The highest BCUT2D eigenvalue weighted by Crippen LogP contribution is 2.37. The first kappa shape index (κ1) is 20.0. The molecule has 0 saturated heterocycles. The standard InChI is InChI=1S/C19H18Cl2N2O3S/c1-9-4-3-5-10(2)13(9)14-12(24)8-11(16(14)25)6-7-22-19(26)17-15(20)18(21)23-27-17/h3-5,11,14H,6-8H2,1-2H3,(H,22,26). The molecule has 5 nitrogen and oxygen atoms in total. The average molecular weight is 425 g/mol. The fourth-order valence-corrected chi connectivity index (χ4v) is 4.66. The lowest BCUT2D eigenvalue weighted by molar-refractivity contribution is -0.124. The third-order valence-corrected chi connectivity index (χ3v) is 6.67. The number of aromatic nitrogens is 1. The summed E-state index contributed by atoms with van der Waals surface area (Å²) in [6.07, 6.45) is 0.613. The molecule has 0 spiro atoms. The van der Waals surface area contributed by atoms with Crippen LogP contribution in [0.2, 0.25) is 10.2 Å². The number of aryl methyl sites for hydroxylation is 2. The van der Waals surface area contributed by atoms with E-state index in [1.165, 1.54) is 0 Å². The molecular weight excluding hydrogens is 407 g/mol. The van der Waals surface area contributed by atoms with E-state index in [1.807, 2.05) is 32.0 Å². The van der Waals surface area contributed by atoms with Crippen molar-refractivity contribution in [2.45, 2.75) is 32.6 Å². The second-order valence-electron chi connectivity index (χ2n) is 6.67. The number of ketones is 2. The van der Waals surface area contributed by atoms with E-state index in [1.54, 1.807) is 0 Å². The fourth-order valence-electron chi connectivity index (χ4n) is 3.53. The van der Waals surface area contributed by atoms with Crippen molar-refractivity contribution in [3.8, 4) is 0 Å². The van der Waals surface area contributed by atoms with Gasteiger partial charge in [-0.1, -0.05) is 41.4 Å². The van der Waals surface area contributed by atoms with Crippen LogP contribution < -0.4 is 5.32 Å². The van der Waals surface area contributed by atoms with Crippen LogP contribution in [0.15, 0.2) is 18.2 Å². The van der Waals surface area contributed by atoms with Crippen LogP contribution in [0.4, 0.5) is 0 Å². The highest BCUT2D eigenvalue weighted by molar-refractivity contribution is 7.09. The first-order valence-corrected chi connectivity index (χ1v) is 10.1. The predicted octanol–water partition coefficient (Wildman–Crippen LogP) is 4.13. The minimum atomic E-state index is -0.693. The monoisotopic (exact) mass is 424 g/mol. The Balaban J connectivity index is 1.64. The van der Waals surface area contributed by atoms with Crippen molar-refractivity contribution in [3.05, 3.63) is 49.9 Å². The molecule has 1 aromatic heterocycles. The molecule has 3 rings (SSSR count). The summed E-state index contributed by atoms with van der Waals surface area (Å²) in [5.74, 6) is -1.58. The van der Waals surface area contributed by atoms with Crippen molar-refractivity contribution in [1.82, 2.24) is 9.69 Å². The van der Waals surface area contributed by atoms with E-state index in [0.717, 1.165) is 28.2 Å². The lowest BCUT2D eigenvalue weighted by atomic mass is 9.87. The Bertz CT molecular complexity index is 905. The number of Topliss-reactive ketones (excluding diaryl/α,β-unsaturated/α-hetero) is 2. The van der Waals surface area contributed by atoms with Crippen LogP contribution >= 0.6 is 34.7 Å². The van der Waals surface area contributed by atoms with Gasteiger partial charge in [-0.2, -0.15) is 4.37 Å². The topological polar surface area (TPSA) is 76.1 Å². The van der Waals surface area contributed by atoms with E-state index in [2.05, 4.69) is 9.69 Å². The summed E-state index contributed by atoms with van der Waals surface area (Å²) in [6.45, 7) is 4.11. The van der Waals surface area contributed by atoms with Gasteiger partial charge in [0.1, 0.15) is 21.6 Å². The second kappa shape index (κ2) is 8.09. The molecule has 1 amide bonds. The van der Waals surface area contributed by atoms with E-state index in [9.17, 15) is 14.4 Å². The summed E-state index contributed by atoms with van der Waals surface area (Å²) in [7, 11) is 0. The molecule has 8 heteroatoms. The molecule has 1 fully saturated rings. The van der Waals surface area contributed by atoms with Gasteiger partial charge >= 0.3 is 0 Å². The lowest BCUT2D eigenvalue weighted by Crippen LogP contribution is -2.27. The molecule has 0 bridgehead atoms. The molecule has 2 aromatic rings. The second-order valence-corrected chi connectivity index (χ2v) is 8.18. The Morgan fingerprint density at radius 3 is 2.52 bits per heavy atom. The maximum Gasteiger partial charge on any atom is 0.264 e. The zero-order chi connectivity index (χ0) is 19.7. The smallest absolute Gasteiger partial charge is 0.264 e. The molecule has 1 aliphatic rings.